The van der Waals surface area contributed by atoms with Crippen molar-refractivity contribution < 1.29 is 19.4 Å². The monoisotopic (exact) mass is 564 g/mol. The maximum Gasteiger partial charge on any atom is 0.300 e. The van der Waals surface area contributed by atoms with Gasteiger partial charge in [-0.25, -0.2) is 4.63 Å². The minimum absolute atomic E-state index is 0.113. The van der Waals surface area contributed by atoms with E-state index in [1.54, 1.807) is 19.4 Å². The molecule has 12 heteroatoms. The van der Waals surface area contributed by atoms with Gasteiger partial charge < -0.3 is 15.2 Å². The Kier molecular flexibility index (Phi) is 7.72. The molecule has 40 heavy (non-hydrogen) atoms. The summed E-state index contributed by atoms with van der Waals surface area (Å²) in [6.45, 7) is 2.77. The molecule has 2 N–H and O–H groups in total. The summed E-state index contributed by atoms with van der Waals surface area (Å²) in [7, 11) is 1.65. The molecule has 5 atom stereocenters. The lowest BCUT2D eigenvalue weighted by Crippen LogP contribution is -2.55. The van der Waals surface area contributed by atoms with E-state index in [0.717, 1.165) is 59.7 Å². The number of nitro benzene ring substituents is 1. The second-order valence-electron chi connectivity index (χ2n) is 10.5. The molecule has 2 aromatic carbocycles. The molecule has 0 spiro atoms. The number of fused-ring (bicyclic) bond motifs is 5. The smallest absolute Gasteiger partial charge is 0.300 e. The van der Waals surface area contributed by atoms with Crippen LogP contribution in [0, 0.1) is 22.0 Å². The molecule has 210 valence electrons. The highest BCUT2D eigenvalue weighted by molar-refractivity contribution is 7.99. The number of hydrogen-bond acceptors (Lipinski definition) is 11. The number of benzene rings is 2. The fraction of sp³-hybridized carbons (Fsp3) is 0.464. The second kappa shape index (κ2) is 11.6. The fourth-order valence-corrected chi connectivity index (χ4v) is 7.23. The lowest BCUT2D eigenvalue weighted by Gasteiger charge is -2.51. The Bertz CT molecular complexity index is 1520. The number of aliphatic hydroxyl groups excluding tert-OH is 1. The van der Waals surface area contributed by atoms with Crippen LogP contribution in [-0.2, 0) is 0 Å². The van der Waals surface area contributed by atoms with E-state index in [4.69, 9.17) is 9.37 Å². The van der Waals surface area contributed by atoms with Gasteiger partial charge in [0.05, 0.1) is 29.3 Å². The van der Waals surface area contributed by atoms with Crippen molar-refractivity contribution in [2.24, 2.45) is 11.8 Å². The summed E-state index contributed by atoms with van der Waals surface area (Å²) in [6.07, 6.45) is 4.57. The number of nitrogens with zero attached hydrogens (tertiary/aromatic N) is 5. The number of hydrogen-bond donors (Lipinski definition) is 2. The number of non-ortho nitro benzene ring substituents is 1. The summed E-state index contributed by atoms with van der Waals surface area (Å²) >= 11 is 1.90. The highest BCUT2D eigenvalue weighted by Gasteiger charge is 2.43. The Hall–Kier alpha value is -3.48. The standard InChI is InChI=1S/C28H32N6O5S/c1-38-19-2-3-22-21(15-19)20(6-9-29-22)28(35)25-14-17-7-11-33(25)16-18(17)8-12-40-13-10-30-23-4-5-24(34(36)37)27-26(23)31-39-32-27/h2-6,9,15,17-18,25,28,30,35H,7-8,10-14,16H2,1H3/t17-,18-,25+,28-/m0/s1. The van der Waals surface area contributed by atoms with Gasteiger partial charge in [0, 0.05) is 42.5 Å². The highest BCUT2D eigenvalue weighted by atomic mass is 32.2. The lowest BCUT2D eigenvalue weighted by atomic mass is 9.72. The Balaban J connectivity index is 0.997. The van der Waals surface area contributed by atoms with Gasteiger partial charge in [0.15, 0.2) is 5.52 Å². The molecule has 0 amide bonds. The minimum atomic E-state index is -0.562. The van der Waals surface area contributed by atoms with Crippen molar-refractivity contribution in [3.8, 4) is 5.75 Å². The van der Waals surface area contributed by atoms with Crippen molar-refractivity contribution in [2.75, 3.05) is 43.6 Å². The van der Waals surface area contributed by atoms with E-state index in [1.807, 2.05) is 36.0 Å². The number of nitrogens with one attached hydrogen (secondary N) is 1. The zero-order valence-corrected chi connectivity index (χ0v) is 23.0. The van der Waals surface area contributed by atoms with Crippen LogP contribution >= 0.6 is 11.8 Å². The fourth-order valence-electron chi connectivity index (χ4n) is 6.31. The van der Waals surface area contributed by atoms with Gasteiger partial charge in [-0.1, -0.05) is 0 Å². The maximum absolute atomic E-state index is 11.5. The molecule has 11 nitrogen and oxygen atoms in total. The van der Waals surface area contributed by atoms with Crippen LogP contribution in [0.2, 0.25) is 0 Å². The summed E-state index contributed by atoms with van der Waals surface area (Å²) in [5.74, 6) is 4.01. The Morgan fingerprint density at radius 2 is 2.12 bits per heavy atom. The first kappa shape index (κ1) is 26.7. The highest BCUT2D eigenvalue weighted by Crippen LogP contribution is 2.43. The van der Waals surface area contributed by atoms with Gasteiger partial charge in [0.25, 0.3) is 0 Å². The number of thioether (sulfide) groups is 1. The Morgan fingerprint density at radius 1 is 1.25 bits per heavy atom. The molecule has 0 radical (unpaired) electrons. The quantitative estimate of drug-likeness (QED) is 0.149. The molecular formula is C28H32N6O5S. The van der Waals surface area contributed by atoms with E-state index in [1.165, 1.54) is 12.5 Å². The minimum Gasteiger partial charge on any atom is -0.497 e. The molecule has 7 rings (SSSR count). The molecule has 3 fully saturated rings. The molecule has 0 saturated carbocycles. The van der Waals surface area contributed by atoms with Crippen molar-refractivity contribution in [3.63, 3.8) is 0 Å². The zero-order chi connectivity index (χ0) is 27.6. The van der Waals surface area contributed by atoms with E-state index in [0.29, 0.717) is 29.6 Å². The summed E-state index contributed by atoms with van der Waals surface area (Å²) in [6, 6.07) is 11.0. The summed E-state index contributed by atoms with van der Waals surface area (Å²) in [5, 5.41) is 34.4. The van der Waals surface area contributed by atoms with E-state index in [2.05, 4.69) is 25.5 Å². The molecule has 3 aliphatic heterocycles. The van der Waals surface area contributed by atoms with Crippen LogP contribution in [0.3, 0.4) is 0 Å². The number of piperidine rings is 3. The maximum atomic E-state index is 11.5. The average molecular weight is 565 g/mol. The van der Waals surface area contributed by atoms with Crippen molar-refractivity contribution in [2.45, 2.75) is 31.4 Å². The summed E-state index contributed by atoms with van der Waals surface area (Å²) in [5.41, 5.74) is 2.90. The van der Waals surface area contributed by atoms with E-state index in [9.17, 15) is 15.2 Å². The van der Waals surface area contributed by atoms with Gasteiger partial charge >= 0.3 is 5.69 Å². The van der Waals surface area contributed by atoms with Gasteiger partial charge in [-0.05, 0) is 89.6 Å². The van der Waals surface area contributed by atoms with Crippen molar-refractivity contribution in [1.29, 1.82) is 0 Å². The Morgan fingerprint density at radius 3 is 2.92 bits per heavy atom. The van der Waals surface area contributed by atoms with Crippen LogP contribution < -0.4 is 10.1 Å². The van der Waals surface area contributed by atoms with E-state index < -0.39 is 11.0 Å². The molecule has 5 heterocycles. The number of anilines is 1. The number of rotatable bonds is 11. The van der Waals surface area contributed by atoms with E-state index in [-0.39, 0.29) is 17.2 Å². The predicted octanol–water partition coefficient (Wildman–Crippen LogP) is 4.67. The van der Waals surface area contributed by atoms with Gasteiger partial charge in [0.1, 0.15) is 5.75 Å². The second-order valence-corrected chi connectivity index (χ2v) is 11.7. The van der Waals surface area contributed by atoms with Crippen LogP contribution in [0.15, 0.2) is 47.2 Å². The van der Waals surface area contributed by atoms with Crippen LogP contribution in [-0.4, -0.2) is 74.5 Å². The number of pyridine rings is 1. The first-order chi connectivity index (χ1) is 19.5. The SMILES string of the molecule is COc1ccc2nccc([C@H](O)[C@H]3C[C@@H]4CCN3C[C@@H]4CCSCCNc3ccc([N+](=O)[O-])c4nonc34)c2c1. The van der Waals surface area contributed by atoms with Crippen LogP contribution in [0.25, 0.3) is 21.9 Å². The number of nitro groups is 1. The third kappa shape index (κ3) is 5.18. The van der Waals surface area contributed by atoms with E-state index >= 15 is 0 Å². The molecule has 2 bridgehead atoms. The summed E-state index contributed by atoms with van der Waals surface area (Å²) in [4.78, 5) is 17.6. The number of aliphatic hydroxyl groups is 1. The average Bonchev–Trinajstić information content (AvgIpc) is 3.48. The first-order valence-corrected chi connectivity index (χ1v) is 14.7. The normalized spacial score (nSPS) is 22.9. The molecular weight excluding hydrogens is 532 g/mol. The van der Waals surface area contributed by atoms with Gasteiger partial charge in [-0.2, -0.15) is 11.8 Å². The largest absolute Gasteiger partial charge is 0.497 e. The third-order valence-electron chi connectivity index (χ3n) is 8.39. The first-order valence-electron chi connectivity index (χ1n) is 13.6. The predicted molar refractivity (Wildman–Crippen MR) is 154 cm³/mol. The van der Waals surface area contributed by atoms with Crippen LogP contribution in [0.5, 0.6) is 5.75 Å². The number of aromatic nitrogens is 3. The zero-order valence-electron chi connectivity index (χ0n) is 22.2. The van der Waals surface area contributed by atoms with Crippen LogP contribution in [0.4, 0.5) is 11.4 Å². The van der Waals surface area contributed by atoms with Crippen molar-refractivity contribution in [1.82, 2.24) is 20.2 Å². The van der Waals surface area contributed by atoms with Crippen LogP contribution in [0.1, 0.15) is 30.9 Å². The van der Waals surface area contributed by atoms with Crippen molar-refractivity contribution in [3.05, 3.63) is 58.3 Å². The van der Waals surface area contributed by atoms with Crippen molar-refractivity contribution >= 4 is 45.1 Å². The van der Waals surface area contributed by atoms with Gasteiger partial charge in [-0.15, -0.1) is 0 Å². The summed E-state index contributed by atoms with van der Waals surface area (Å²) < 4.78 is 10.2. The number of ether oxygens (including phenoxy) is 1. The molecule has 1 unspecified atom stereocenters. The lowest BCUT2D eigenvalue weighted by molar-refractivity contribution is -0.383. The molecule has 3 aliphatic rings. The molecule has 3 saturated heterocycles. The molecule has 2 aromatic heterocycles. The molecule has 4 aromatic rings. The van der Waals surface area contributed by atoms with Gasteiger partial charge in [-0.3, -0.25) is 20.0 Å². The molecule has 0 aliphatic carbocycles. The topological polar surface area (TPSA) is 140 Å². The third-order valence-corrected chi connectivity index (χ3v) is 9.40. The van der Waals surface area contributed by atoms with Gasteiger partial charge in [0.2, 0.25) is 5.52 Å². The Labute approximate surface area is 235 Å². The number of methoxy groups -OCH3 is 1.